The van der Waals surface area contributed by atoms with Crippen LogP contribution in [0.25, 0.3) is 11.1 Å². The Labute approximate surface area is 124 Å². The van der Waals surface area contributed by atoms with Crippen molar-refractivity contribution >= 4 is 21.2 Å². The Balaban J connectivity index is 1.85. The number of rotatable bonds is 7. The lowest BCUT2D eigenvalue weighted by molar-refractivity contribution is 0.592. The van der Waals surface area contributed by atoms with E-state index in [0.29, 0.717) is 6.54 Å². The fourth-order valence-corrected chi connectivity index (χ4v) is 3.45. The van der Waals surface area contributed by atoms with Crippen molar-refractivity contribution in [3.05, 3.63) is 46.7 Å². The molecular formula is C15H19NO2S2. The van der Waals surface area contributed by atoms with Crippen molar-refractivity contribution in [2.75, 3.05) is 18.1 Å². The van der Waals surface area contributed by atoms with Gasteiger partial charge >= 0.3 is 0 Å². The number of thiophene rings is 1. The standard InChI is InChI=1S/C15H19NO2S2/c1-2-20(17,18)9-8-16-11-15-10-14(12-19-15)13-6-4-3-5-7-13/h3-7,10,12,16H,2,8-9,11H2,1H3. The zero-order chi connectivity index (χ0) is 14.4. The summed E-state index contributed by atoms with van der Waals surface area (Å²) in [7, 11) is -2.87. The van der Waals surface area contributed by atoms with Crippen molar-refractivity contribution in [3.63, 3.8) is 0 Å². The molecule has 0 amide bonds. The third kappa shape index (κ3) is 4.44. The molecule has 3 nitrogen and oxygen atoms in total. The maximum absolute atomic E-state index is 11.4. The second-order valence-electron chi connectivity index (χ2n) is 4.58. The van der Waals surface area contributed by atoms with Crippen LogP contribution in [0.2, 0.25) is 0 Å². The first-order valence-electron chi connectivity index (χ1n) is 6.64. The molecule has 0 atom stereocenters. The summed E-state index contributed by atoms with van der Waals surface area (Å²) in [6, 6.07) is 12.4. The van der Waals surface area contributed by atoms with Crippen molar-refractivity contribution in [3.8, 4) is 11.1 Å². The van der Waals surface area contributed by atoms with Crippen LogP contribution >= 0.6 is 11.3 Å². The van der Waals surface area contributed by atoms with Gasteiger partial charge in [-0.1, -0.05) is 37.3 Å². The number of nitrogens with one attached hydrogen (secondary N) is 1. The molecule has 2 rings (SSSR count). The smallest absolute Gasteiger partial charge is 0.151 e. The van der Waals surface area contributed by atoms with Gasteiger partial charge in [-0.3, -0.25) is 0 Å². The van der Waals surface area contributed by atoms with E-state index in [-0.39, 0.29) is 11.5 Å². The molecule has 1 aromatic carbocycles. The van der Waals surface area contributed by atoms with E-state index in [9.17, 15) is 8.42 Å². The third-order valence-electron chi connectivity index (χ3n) is 3.09. The number of hydrogen-bond acceptors (Lipinski definition) is 4. The van der Waals surface area contributed by atoms with Gasteiger partial charge in [-0.15, -0.1) is 11.3 Å². The molecule has 0 saturated heterocycles. The topological polar surface area (TPSA) is 46.2 Å². The molecule has 5 heteroatoms. The first-order valence-corrected chi connectivity index (χ1v) is 9.35. The average molecular weight is 309 g/mol. The monoisotopic (exact) mass is 309 g/mol. The fourth-order valence-electron chi connectivity index (χ4n) is 1.84. The van der Waals surface area contributed by atoms with Crippen LogP contribution in [0.15, 0.2) is 41.8 Å². The van der Waals surface area contributed by atoms with Crippen molar-refractivity contribution in [1.29, 1.82) is 0 Å². The van der Waals surface area contributed by atoms with Crippen LogP contribution in [0, 0.1) is 0 Å². The minimum Gasteiger partial charge on any atom is -0.311 e. The van der Waals surface area contributed by atoms with Crippen LogP contribution in [0.4, 0.5) is 0 Å². The Bertz CT molecular complexity index is 633. The van der Waals surface area contributed by atoms with Gasteiger partial charge in [-0.25, -0.2) is 8.42 Å². The van der Waals surface area contributed by atoms with Crippen molar-refractivity contribution in [2.45, 2.75) is 13.5 Å². The Morgan fingerprint density at radius 1 is 1.15 bits per heavy atom. The molecule has 1 aromatic heterocycles. The van der Waals surface area contributed by atoms with E-state index in [2.05, 4.69) is 28.9 Å². The maximum atomic E-state index is 11.4. The van der Waals surface area contributed by atoms with Gasteiger partial charge in [-0.05, 0) is 22.6 Å². The van der Waals surface area contributed by atoms with E-state index in [1.807, 2.05) is 18.2 Å². The predicted molar refractivity (Wildman–Crippen MR) is 85.8 cm³/mol. The molecule has 0 unspecified atom stereocenters. The summed E-state index contributed by atoms with van der Waals surface area (Å²) in [6.07, 6.45) is 0. The molecule has 20 heavy (non-hydrogen) atoms. The molecule has 2 aromatic rings. The van der Waals surface area contributed by atoms with Gasteiger partial charge < -0.3 is 5.32 Å². The Morgan fingerprint density at radius 3 is 2.60 bits per heavy atom. The lowest BCUT2D eigenvalue weighted by Gasteiger charge is -2.03. The summed E-state index contributed by atoms with van der Waals surface area (Å²) in [5.74, 6) is 0.423. The summed E-state index contributed by atoms with van der Waals surface area (Å²) >= 11 is 1.70. The average Bonchev–Trinajstić information content (AvgIpc) is 2.93. The van der Waals surface area contributed by atoms with Gasteiger partial charge in [0.05, 0.1) is 5.75 Å². The lowest BCUT2D eigenvalue weighted by atomic mass is 10.1. The summed E-state index contributed by atoms with van der Waals surface area (Å²) in [4.78, 5) is 1.22. The molecule has 0 bridgehead atoms. The second kappa shape index (κ2) is 7.02. The molecule has 0 aliphatic carbocycles. The predicted octanol–water partition coefficient (Wildman–Crippen LogP) is 2.94. The summed E-state index contributed by atoms with van der Waals surface area (Å²) in [5, 5.41) is 5.32. The van der Waals surface area contributed by atoms with Gasteiger partial charge in [-0.2, -0.15) is 0 Å². The Morgan fingerprint density at radius 2 is 1.90 bits per heavy atom. The SMILES string of the molecule is CCS(=O)(=O)CCNCc1cc(-c2ccccc2)cs1. The molecule has 108 valence electrons. The van der Waals surface area contributed by atoms with Gasteiger partial charge in [0, 0.05) is 23.7 Å². The first kappa shape index (κ1) is 15.2. The normalized spacial score (nSPS) is 11.7. The summed E-state index contributed by atoms with van der Waals surface area (Å²) in [6.45, 7) is 2.91. The largest absolute Gasteiger partial charge is 0.311 e. The lowest BCUT2D eigenvalue weighted by Crippen LogP contribution is -2.23. The van der Waals surface area contributed by atoms with Gasteiger partial charge in [0.15, 0.2) is 9.84 Å². The van der Waals surface area contributed by atoms with Crippen LogP contribution in [0.5, 0.6) is 0 Å². The van der Waals surface area contributed by atoms with E-state index in [4.69, 9.17) is 0 Å². The van der Waals surface area contributed by atoms with Crippen molar-refractivity contribution < 1.29 is 8.42 Å². The van der Waals surface area contributed by atoms with Crippen molar-refractivity contribution in [2.24, 2.45) is 0 Å². The molecule has 0 fully saturated rings. The van der Waals surface area contributed by atoms with Crippen LogP contribution in [0.3, 0.4) is 0 Å². The number of sulfone groups is 1. The zero-order valence-corrected chi connectivity index (χ0v) is 13.1. The van der Waals surface area contributed by atoms with Crippen molar-refractivity contribution in [1.82, 2.24) is 5.32 Å². The second-order valence-corrected chi connectivity index (χ2v) is 8.05. The van der Waals surface area contributed by atoms with Crippen LogP contribution in [-0.2, 0) is 16.4 Å². The number of hydrogen-bond donors (Lipinski definition) is 1. The van der Waals surface area contributed by atoms with Gasteiger partial charge in [0.2, 0.25) is 0 Å². The van der Waals surface area contributed by atoms with E-state index < -0.39 is 9.84 Å². The minimum absolute atomic E-state index is 0.209. The molecule has 0 spiro atoms. The Kier molecular flexibility index (Phi) is 5.34. The molecule has 0 radical (unpaired) electrons. The maximum Gasteiger partial charge on any atom is 0.151 e. The zero-order valence-electron chi connectivity index (χ0n) is 11.5. The van der Waals surface area contributed by atoms with Gasteiger partial charge in [0.1, 0.15) is 0 Å². The minimum atomic E-state index is -2.87. The fraction of sp³-hybridized carbons (Fsp3) is 0.333. The molecule has 0 saturated carbocycles. The van der Waals surface area contributed by atoms with E-state index >= 15 is 0 Å². The number of benzene rings is 1. The summed E-state index contributed by atoms with van der Waals surface area (Å²) in [5.41, 5.74) is 2.43. The molecule has 0 aliphatic heterocycles. The van der Waals surface area contributed by atoms with Crippen LogP contribution in [-0.4, -0.2) is 26.5 Å². The Hall–Kier alpha value is -1.17. The highest BCUT2D eigenvalue weighted by atomic mass is 32.2. The summed E-state index contributed by atoms with van der Waals surface area (Å²) < 4.78 is 22.7. The first-order chi connectivity index (χ1) is 9.61. The van der Waals surface area contributed by atoms with Crippen LogP contribution < -0.4 is 5.32 Å². The highest BCUT2D eigenvalue weighted by molar-refractivity contribution is 7.91. The molecular weight excluding hydrogens is 290 g/mol. The molecule has 0 aliphatic rings. The quantitative estimate of drug-likeness (QED) is 0.800. The van der Waals surface area contributed by atoms with E-state index in [1.54, 1.807) is 18.3 Å². The highest BCUT2D eigenvalue weighted by Crippen LogP contribution is 2.25. The molecule has 1 heterocycles. The third-order valence-corrected chi connectivity index (χ3v) is 5.73. The highest BCUT2D eigenvalue weighted by Gasteiger charge is 2.06. The van der Waals surface area contributed by atoms with E-state index in [0.717, 1.165) is 6.54 Å². The van der Waals surface area contributed by atoms with E-state index in [1.165, 1.54) is 16.0 Å². The molecule has 1 N–H and O–H groups in total. The van der Waals surface area contributed by atoms with Gasteiger partial charge in [0.25, 0.3) is 0 Å². The van der Waals surface area contributed by atoms with Crippen LogP contribution in [0.1, 0.15) is 11.8 Å².